The Morgan fingerprint density at radius 1 is 1.14 bits per heavy atom. The van der Waals surface area contributed by atoms with Gasteiger partial charge in [0.05, 0.1) is 18.0 Å². The molecule has 2 aromatic carbocycles. The zero-order chi connectivity index (χ0) is 15.4. The van der Waals surface area contributed by atoms with Crippen LogP contribution in [0.1, 0.15) is 18.9 Å². The molecule has 0 saturated heterocycles. The van der Waals surface area contributed by atoms with Crippen molar-refractivity contribution in [2.75, 3.05) is 11.6 Å². The highest BCUT2D eigenvalue weighted by molar-refractivity contribution is 6.03. The summed E-state index contributed by atoms with van der Waals surface area (Å²) in [7, 11) is 0. The second-order valence-electron chi connectivity index (χ2n) is 5.21. The normalized spacial score (nSPS) is 17.2. The minimum absolute atomic E-state index is 0.0394. The van der Waals surface area contributed by atoms with Crippen LogP contribution in [0.15, 0.2) is 78.1 Å². The maximum atomic E-state index is 5.65. The van der Waals surface area contributed by atoms with Gasteiger partial charge >= 0.3 is 0 Å². The lowest BCUT2D eigenvalue weighted by Crippen LogP contribution is -2.29. The molecule has 22 heavy (non-hydrogen) atoms. The summed E-state index contributed by atoms with van der Waals surface area (Å²) in [6, 6.07) is 20.5. The van der Waals surface area contributed by atoms with Gasteiger partial charge in [-0.15, -0.1) is 0 Å². The first-order valence-corrected chi connectivity index (χ1v) is 7.58. The Morgan fingerprint density at radius 2 is 1.77 bits per heavy atom. The minimum Gasteiger partial charge on any atom is -0.497 e. The predicted octanol–water partition coefficient (Wildman–Crippen LogP) is 4.22. The summed E-state index contributed by atoms with van der Waals surface area (Å²) in [6.07, 6.45) is 0.803. The number of hydrazone groups is 1. The van der Waals surface area contributed by atoms with Crippen LogP contribution in [0.5, 0.6) is 0 Å². The van der Waals surface area contributed by atoms with Gasteiger partial charge in [-0.3, -0.25) is 5.01 Å². The second kappa shape index (κ2) is 6.48. The van der Waals surface area contributed by atoms with Crippen molar-refractivity contribution >= 4 is 11.4 Å². The third kappa shape index (κ3) is 2.89. The van der Waals surface area contributed by atoms with E-state index in [9.17, 15) is 0 Å². The van der Waals surface area contributed by atoms with Crippen LogP contribution in [0.25, 0.3) is 0 Å². The molecule has 112 valence electrons. The van der Waals surface area contributed by atoms with Crippen molar-refractivity contribution in [3.05, 3.63) is 78.6 Å². The van der Waals surface area contributed by atoms with Crippen LogP contribution < -0.4 is 5.01 Å². The molecule has 0 N–H and O–H groups in total. The van der Waals surface area contributed by atoms with Crippen molar-refractivity contribution in [1.82, 2.24) is 0 Å². The standard InChI is InChI=1S/C19H20N2O/c1-3-22-15(2)19-14-18(16-10-6-4-7-11-16)20-21(19)17-12-8-5-9-13-17/h4-13,19H,2-3,14H2,1H3. The van der Waals surface area contributed by atoms with Crippen molar-refractivity contribution in [2.45, 2.75) is 19.4 Å². The molecule has 1 heterocycles. The third-order valence-corrected chi connectivity index (χ3v) is 3.74. The van der Waals surface area contributed by atoms with Crippen LogP contribution in [0.2, 0.25) is 0 Å². The number of rotatable bonds is 5. The molecule has 0 fully saturated rings. The van der Waals surface area contributed by atoms with Crippen LogP contribution in [0.4, 0.5) is 5.69 Å². The van der Waals surface area contributed by atoms with Crippen LogP contribution in [0, 0.1) is 0 Å². The maximum Gasteiger partial charge on any atom is 0.115 e. The molecule has 0 aromatic heterocycles. The summed E-state index contributed by atoms with van der Waals surface area (Å²) >= 11 is 0. The fourth-order valence-electron chi connectivity index (χ4n) is 2.67. The van der Waals surface area contributed by atoms with E-state index >= 15 is 0 Å². The Hall–Kier alpha value is -2.55. The molecule has 1 aliphatic heterocycles. The van der Waals surface area contributed by atoms with Crippen LogP contribution >= 0.6 is 0 Å². The average Bonchev–Trinajstić information content (AvgIpc) is 3.02. The van der Waals surface area contributed by atoms with Crippen LogP contribution in [-0.4, -0.2) is 18.4 Å². The van der Waals surface area contributed by atoms with E-state index in [1.165, 1.54) is 0 Å². The molecule has 1 unspecified atom stereocenters. The summed E-state index contributed by atoms with van der Waals surface area (Å²) in [5.41, 5.74) is 3.27. The third-order valence-electron chi connectivity index (χ3n) is 3.74. The van der Waals surface area contributed by atoms with E-state index in [-0.39, 0.29) is 6.04 Å². The van der Waals surface area contributed by atoms with E-state index in [2.05, 4.69) is 30.8 Å². The number of para-hydroxylation sites is 1. The molecule has 0 spiro atoms. The zero-order valence-corrected chi connectivity index (χ0v) is 12.8. The number of hydrogen-bond acceptors (Lipinski definition) is 3. The fraction of sp³-hybridized carbons (Fsp3) is 0.211. The quantitative estimate of drug-likeness (QED) is 0.771. The monoisotopic (exact) mass is 292 g/mol. The lowest BCUT2D eigenvalue weighted by atomic mass is 10.0. The molecule has 0 radical (unpaired) electrons. The highest BCUT2D eigenvalue weighted by Gasteiger charge is 2.31. The molecule has 0 bridgehead atoms. The summed E-state index contributed by atoms with van der Waals surface area (Å²) in [4.78, 5) is 0. The zero-order valence-electron chi connectivity index (χ0n) is 12.8. The van der Waals surface area contributed by atoms with Gasteiger partial charge < -0.3 is 4.74 Å². The number of anilines is 1. The predicted molar refractivity (Wildman–Crippen MR) is 91.1 cm³/mol. The Morgan fingerprint density at radius 3 is 2.41 bits per heavy atom. The Bertz CT molecular complexity index is 664. The molecular weight excluding hydrogens is 272 g/mol. The lowest BCUT2D eigenvalue weighted by molar-refractivity contribution is 0.211. The van der Waals surface area contributed by atoms with Gasteiger partial charge in [-0.25, -0.2) is 0 Å². The van der Waals surface area contributed by atoms with Gasteiger partial charge in [0.25, 0.3) is 0 Å². The van der Waals surface area contributed by atoms with E-state index in [4.69, 9.17) is 9.84 Å². The Labute approximate surface area is 131 Å². The van der Waals surface area contributed by atoms with Crippen LogP contribution in [0.3, 0.4) is 0 Å². The van der Waals surface area contributed by atoms with Gasteiger partial charge in [0.2, 0.25) is 0 Å². The average molecular weight is 292 g/mol. The summed E-state index contributed by atoms with van der Waals surface area (Å²) in [6.45, 7) is 6.69. The number of nitrogens with zero attached hydrogens (tertiary/aromatic N) is 2. The molecule has 3 heteroatoms. The van der Waals surface area contributed by atoms with Crippen molar-refractivity contribution in [1.29, 1.82) is 0 Å². The van der Waals surface area contributed by atoms with Gasteiger partial charge in [-0.2, -0.15) is 5.10 Å². The largest absolute Gasteiger partial charge is 0.497 e. The summed E-state index contributed by atoms with van der Waals surface area (Å²) in [5, 5.41) is 6.84. The molecule has 0 aliphatic carbocycles. The van der Waals surface area contributed by atoms with Gasteiger partial charge in [-0.05, 0) is 24.6 Å². The minimum atomic E-state index is 0.0394. The first kappa shape index (κ1) is 14.4. The molecule has 1 atom stereocenters. The molecule has 2 aromatic rings. The van der Waals surface area contributed by atoms with Crippen molar-refractivity contribution in [3.8, 4) is 0 Å². The van der Waals surface area contributed by atoms with Crippen molar-refractivity contribution < 1.29 is 4.74 Å². The van der Waals surface area contributed by atoms with E-state index in [1.54, 1.807) is 0 Å². The second-order valence-corrected chi connectivity index (χ2v) is 5.21. The van der Waals surface area contributed by atoms with Gasteiger partial charge in [0.15, 0.2) is 0 Å². The van der Waals surface area contributed by atoms with E-state index < -0.39 is 0 Å². The highest BCUT2D eigenvalue weighted by atomic mass is 16.5. The first-order valence-electron chi connectivity index (χ1n) is 7.58. The van der Waals surface area contributed by atoms with E-state index in [1.807, 2.05) is 48.3 Å². The van der Waals surface area contributed by atoms with Crippen molar-refractivity contribution in [2.24, 2.45) is 5.10 Å². The molecule has 0 saturated carbocycles. The number of benzene rings is 2. The number of hydrogen-bond donors (Lipinski definition) is 0. The Kier molecular flexibility index (Phi) is 4.24. The van der Waals surface area contributed by atoms with Gasteiger partial charge in [-0.1, -0.05) is 55.1 Å². The van der Waals surface area contributed by atoms with Gasteiger partial charge in [0.1, 0.15) is 11.8 Å². The van der Waals surface area contributed by atoms with Gasteiger partial charge in [0, 0.05) is 6.42 Å². The molecule has 0 amide bonds. The Balaban J connectivity index is 1.94. The topological polar surface area (TPSA) is 24.8 Å². The SMILES string of the molecule is C=C(OCC)C1CC(c2ccccc2)=NN1c1ccccc1. The first-order chi connectivity index (χ1) is 10.8. The fourth-order valence-corrected chi connectivity index (χ4v) is 2.67. The summed E-state index contributed by atoms with van der Waals surface area (Å²) < 4.78 is 5.65. The maximum absolute atomic E-state index is 5.65. The number of ether oxygens (including phenoxy) is 1. The molecule has 3 rings (SSSR count). The molecule has 1 aliphatic rings. The van der Waals surface area contributed by atoms with E-state index in [0.29, 0.717) is 6.61 Å². The molecule has 3 nitrogen and oxygen atoms in total. The van der Waals surface area contributed by atoms with Crippen LogP contribution in [-0.2, 0) is 4.74 Å². The van der Waals surface area contributed by atoms with Crippen molar-refractivity contribution in [3.63, 3.8) is 0 Å². The van der Waals surface area contributed by atoms with E-state index in [0.717, 1.165) is 29.1 Å². The molecular formula is C19H20N2O. The lowest BCUT2D eigenvalue weighted by Gasteiger charge is -2.24. The smallest absolute Gasteiger partial charge is 0.115 e. The summed E-state index contributed by atoms with van der Waals surface area (Å²) in [5.74, 6) is 0.765. The highest BCUT2D eigenvalue weighted by Crippen LogP contribution is 2.30.